The maximum Gasteiger partial charge on any atom is 0.407 e. The molecule has 2 saturated carbocycles. The fourth-order valence-corrected chi connectivity index (χ4v) is 5.78. The van der Waals surface area contributed by atoms with Crippen molar-refractivity contribution in [2.75, 3.05) is 6.61 Å². The van der Waals surface area contributed by atoms with Crippen molar-refractivity contribution in [3.63, 3.8) is 0 Å². The number of carboxylic acids is 1. The number of fused-ring (bicyclic) bond motifs is 4. The maximum absolute atomic E-state index is 12.5. The second-order valence-electron chi connectivity index (χ2n) is 8.47. The highest BCUT2D eigenvalue weighted by Crippen LogP contribution is 2.49. The summed E-state index contributed by atoms with van der Waals surface area (Å²) in [5.41, 5.74) is 4.71. The Morgan fingerprint density at radius 3 is 2.14 bits per heavy atom. The molecule has 2 aromatic carbocycles. The maximum atomic E-state index is 12.5. The first kappa shape index (κ1) is 18.2. The molecule has 1 amide bonds. The zero-order chi connectivity index (χ0) is 20.0. The van der Waals surface area contributed by atoms with Crippen LogP contribution in [0.15, 0.2) is 48.5 Å². The van der Waals surface area contributed by atoms with E-state index in [0.29, 0.717) is 0 Å². The van der Waals surface area contributed by atoms with E-state index in [9.17, 15) is 14.7 Å². The number of alkyl carbamates (subject to hydrolysis) is 1. The van der Waals surface area contributed by atoms with Gasteiger partial charge in [0.1, 0.15) is 6.61 Å². The van der Waals surface area contributed by atoms with E-state index in [1.807, 2.05) is 24.3 Å². The number of nitrogens with one attached hydrogen (secondary N) is 1. The van der Waals surface area contributed by atoms with Gasteiger partial charge >= 0.3 is 12.1 Å². The minimum Gasteiger partial charge on any atom is -0.481 e. The number of carbonyl (C=O) groups excluding carboxylic acids is 1. The first-order valence-corrected chi connectivity index (χ1v) is 10.5. The summed E-state index contributed by atoms with van der Waals surface area (Å²) < 4.78 is 5.61. The molecule has 2 N–H and O–H groups in total. The van der Waals surface area contributed by atoms with Crippen LogP contribution < -0.4 is 5.32 Å². The smallest absolute Gasteiger partial charge is 0.407 e. The Morgan fingerprint density at radius 1 is 0.931 bits per heavy atom. The normalized spacial score (nSPS) is 27.2. The van der Waals surface area contributed by atoms with E-state index in [1.54, 1.807) is 0 Å². The van der Waals surface area contributed by atoms with Crippen molar-refractivity contribution in [2.24, 2.45) is 17.8 Å². The van der Waals surface area contributed by atoms with Crippen molar-refractivity contribution in [3.05, 3.63) is 59.7 Å². The van der Waals surface area contributed by atoms with Gasteiger partial charge in [-0.3, -0.25) is 4.79 Å². The molecule has 4 atom stereocenters. The Morgan fingerprint density at radius 2 is 1.52 bits per heavy atom. The molecule has 0 radical (unpaired) electrons. The number of hydrogen-bond donors (Lipinski definition) is 2. The second-order valence-corrected chi connectivity index (χ2v) is 8.47. The number of rotatable bonds is 4. The standard InChI is InChI=1S/C24H25NO4/c26-23(27)21-18-11-5-6-12-19(18)22(21)25-24(28)29-13-20-16-9-3-1-7-14(16)15-8-2-4-10-17(15)20/h1-4,7-10,18-22H,5-6,11-13H2,(H,25,28)(H,26,27). The van der Waals surface area contributed by atoms with Crippen molar-refractivity contribution in [3.8, 4) is 11.1 Å². The van der Waals surface area contributed by atoms with Crippen molar-refractivity contribution >= 4 is 12.1 Å². The van der Waals surface area contributed by atoms with Crippen molar-refractivity contribution < 1.29 is 19.4 Å². The lowest BCUT2D eigenvalue weighted by Gasteiger charge is -2.52. The van der Waals surface area contributed by atoms with Gasteiger partial charge in [0.25, 0.3) is 0 Å². The van der Waals surface area contributed by atoms with Crippen molar-refractivity contribution in [2.45, 2.75) is 37.6 Å². The first-order chi connectivity index (χ1) is 14.1. The quantitative estimate of drug-likeness (QED) is 0.809. The molecule has 5 nitrogen and oxygen atoms in total. The zero-order valence-corrected chi connectivity index (χ0v) is 16.2. The molecule has 2 aromatic rings. The van der Waals surface area contributed by atoms with Gasteiger partial charge < -0.3 is 15.2 Å². The lowest BCUT2D eigenvalue weighted by molar-refractivity contribution is -0.156. The van der Waals surface area contributed by atoms with Gasteiger partial charge in [0, 0.05) is 12.0 Å². The molecular weight excluding hydrogens is 366 g/mol. The van der Waals surface area contributed by atoms with Gasteiger partial charge in [-0.15, -0.1) is 0 Å². The van der Waals surface area contributed by atoms with Crippen molar-refractivity contribution in [1.82, 2.24) is 5.32 Å². The molecule has 29 heavy (non-hydrogen) atoms. The summed E-state index contributed by atoms with van der Waals surface area (Å²) in [7, 11) is 0. The summed E-state index contributed by atoms with van der Waals surface area (Å²) in [5.74, 6) is -0.824. The van der Waals surface area contributed by atoms with Crippen LogP contribution in [-0.4, -0.2) is 29.8 Å². The lowest BCUT2D eigenvalue weighted by atomic mass is 9.55. The van der Waals surface area contributed by atoms with E-state index in [1.165, 1.54) is 22.3 Å². The van der Waals surface area contributed by atoms with Gasteiger partial charge in [-0.25, -0.2) is 4.79 Å². The van der Waals surface area contributed by atoms with Gasteiger partial charge in [0.15, 0.2) is 0 Å². The molecule has 0 spiro atoms. The summed E-state index contributed by atoms with van der Waals surface area (Å²) >= 11 is 0. The van der Waals surface area contributed by atoms with Crippen LogP contribution in [0.5, 0.6) is 0 Å². The second kappa shape index (κ2) is 7.21. The van der Waals surface area contributed by atoms with E-state index < -0.39 is 18.0 Å². The van der Waals surface area contributed by atoms with E-state index in [4.69, 9.17) is 4.74 Å². The number of aliphatic carboxylic acids is 1. The molecule has 3 aliphatic rings. The summed E-state index contributed by atoms with van der Waals surface area (Å²) in [4.78, 5) is 24.2. The average Bonchev–Trinajstić information content (AvgIpc) is 3.04. The topological polar surface area (TPSA) is 75.6 Å². The number of ether oxygens (including phenoxy) is 1. The average molecular weight is 391 g/mol. The molecule has 3 aliphatic carbocycles. The van der Waals surface area contributed by atoms with Crippen LogP contribution in [0.2, 0.25) is 0 Å². The van der Waals surface area contributed by atoms with Crippen molar-refractivity contribution in [1.29, 1.82) is 0 Å². The van der Waals surface area contributed by atoms with E-state index in [0.717, 1.165) is 25.7 Å². The van der Waals surface area contributed by atoms with Crippen LogP contribution in [-0.2, 0) is 9.53 Å². The molecule has 2 fully saturated rings. The Bertz CT molecular complexity index is 910. The van der Waals surface area contributed by atoms with E-state index in [-0.39, 0.29) is 30.4 Å². The molecule has 5 heteroatoms. The van der Waals surface area contributed by atoms with Gasteiger partial charge in [-0.2, -0.15) is 0 Å². The summed E-state index contributed by atoms with van der Waals surface area (Å²) in [6, 6.07) is 16.1. The highest BCUT2D eigenvalue weighted by Gasteiger charge is 2.55. The third-order valence-electron chi connectivity index (χ3n) is 7.10. The third kappa shape index (κ3) is 3.00. The number of carboxylic acid groups (broad SMARTS) is 1. The Hall–Kier alpha value is -2.82. The Labute approximate surface area is 170 Å². The van der Waals surface area contributed by atoms with Gasteiger partial charge in [0.05, 0.1) is 5.92 Å². The fourth-order valence-electron chi connectivity index (χ4n) is 5.78. The van der Waals surface area contributed by atoms with E-state index in [2.05, 4.69) is 29.6 Å². The fraction of sp³-hybridized carbons (Fsp3) is 0.417. The first-order valence-electron chi connectivity index (χ1n) is 10.5. The molecule has 5 rings (SSSR count). The third-order valence-corrected chi connectivity index (χ3v) is 7.10. The molecule has 0 bridgehead atoms. The van der Waals surface area contributed by atoms with Crippen LogP contribution >= 0.6 is 0 Å². The molecule has 0 saturated heterocycles. The van der Waals surface area contributed by atoms with E-state index >= 15 is 0 Å². The van der Waals surface area contributed by atoms with Crippen LogP contribution in [0.1, 0.15) is 42.7 Å². The van der Waals surface area contributed by atoms with Crippen LogP contribution in [0.4, 0.5) is 4.79 Å². The van der Waals surface area contributed by atoms with Gasteiger partial charge in [-0.1, -0.05) is 61.4 Å². The highest BCUT2D eigenvalue weighted by molar-refractivity contribution is 5.79. The largest absolute Gasteiger partial charge is 0.481 e. The molecular formula is C24H25NO4. The molecule has 150 valence electrons. The number of carbonyl (C=O) groups is 2. The molecule has 0 aromatic heterocycles. The predicted octanol–water partition coefficient (Wildman–Crippen LogP) is 4.41. The number of amides is 1. The SMILES string of the molecule is O=C(NC1C2CCCCC2C1C(=O)O)OCC1c2ccccc2-c2ccccc21. The minimum atomic E-state index is -0.808. The zero-order valence-electron chi connectivity index (χ0n) is 16.2. The number of hydrogen-bond acceptors (Lipinski definition) is 3. The summed E-state index contributed by atoms with van der Waals surface area (Å²) in [6.07, 6.45) is 3.62. The summed E-state index contributed by atoms with van der Waals surface area (Å²) in [6.45, 7) is 0.248. The molecule has 0 heterocycles. The Kier molecular flexibility index (Phi) is 4.53. The molecule has 0 aliphatic heterocycles. The van der Waals surface area contributed by atoms with Crippen LogP contribution in [0.3, 0.4) is 0 Å². The number of benzene rings is 2. The van der Waals surface area contributed by atoms with Crippen LogP contribution in [0.25, 0.3) is 11.1 Å². The monoisotopic (exact) mass is 391 g/mol. The Balaban J connectivity index is 1.27. The van der Waals surface area contributed by atoms with Crippen LogP contribution in [0, 0.1) is 17.8 Å². The lowest BCUT2D eigenvalue weighted by Crippen LogP contribution is -2.63. The predicted molar refractivity (Wildman–Crippen MR) is 109 cm³/mol. The summed E-state index contributed by atoms with van der Waals surface area (Å²) in [5, 5.41) is 12.5. The van der Waals surface area contributed by atoms with Gasteiger partial charge in [0.2, 0.25) is 0 Å². The van der Waals surface area contributed by atoms with Gasteiger partial charge in [-0.05, 0) is 46.9 Å². The molecule has 4 unspecified atom stereocenters. The minimum absolute atomic E-state index is 0.00670. The highest BCUT2D eigenvalue weighted by atomic mass is 16.5.